The highest BCUT2D eigenvalue weighted by Gasteiger charge is 2.18. The van der Waals surface area contributed by atoms with Gasteiger partial charge in [-0.25, -0.2) is 0 Å². The van der Waals surface area contributed by atoms with Crippen LogP contribution in [0.2, 0.25) is 0 Å². The summed E-state index contributed by atoms with van der Waals surface area (Å²) in [4.78, 5) is 4.66. The van der Waals surface area contributed by atoms with Crippen molar-refractivity contribution in [1.82, 2.24) is 9.80 Å². The zero-order chi connectivity index (χ0) is 19.5. The second-order valence-electron chi connectivity index (χ2n) is 7.25. The number of β-amino-alcohol motifs (C(OH)–C–C–N with tert-alkyl or cyclic N) is 1. The van der Waals surface area contributed by atoms with Crippen LogP contribution in [-0.2, 0) is 6.54 Å². The van der Waals surface area contributed by atoms with E-state index in [1.54, 1.807) is 7.11 Å². The first-order chi connectivity index (χ1) is 13.2. The zero-order valence-corrected chi connectivity index (χ0v) is 17.0. The van der Waals surface area contributed by atoms with Gasteiger partial charge in [0.25, 0.3) is 0 Å². The third kappa shape index (κ3) is 7.20. The minimum atomic E-state index is 0.0857. The van der Waals surface area contributed by atoms with Crippen LogP contribution in [0.4, 0.5) is 0 Å². The Kier molecular flexibility index (Phi) is 9.73. The minimum Gasteiger partial charge on any atom is -0.502 e. The number of aliphatic hydroxyl groups excluding tert-OH is 1. The molecule has 0 spiro atoms. The van der Waals surface area contributed by atoms with Gasteiger partial charge in [0.15, 0.2) is 11.5 Å². The number of piperazine rings is 1. The highest BCUT2D eigenvalue weighted by Crippen LogP contribution is 2.38. The Morgan fingerprint density at radius 1 is 0.963 bits per heavy atom. The van der Waals surface area contributed by atoms with Crippen LogP contribution in [0.5, 0.6) is 17.2 Å². The second kappa shape index (κ2) is 12.1. The predicted octanol–water partition coefficient (Wildman–Crippen LogP) is 2.86. The predicted molar refractivity (Wildman–Crippen MR) is 108 cm³/mol. The van der Waals surface area contributed by atoms with E-state index in [-0.39, 0.29) is 12.4 Å². The normalized spacial score (nSPS) is 15.8. The summed E-state index contributed by atoms with van der Waals surface area (Å²) < 4.78 is 11.2. The third-order valence-electron chi connectivity index (χ3n) is 5.11. The number of hydrogen-bond acceptors (Lipinski definition) is 6. The van der Waals surface area contributed by atoms with E-state index in [0.29, 0.717) is 18.1 Å². The third-order valence-corrected chi connectivity index (χ3v) is 5.11. The van der Waals surface area contributed by atoms with Crippen molar-refractivity contribution in [3.05, 3.63) is 17.7 Å². The molecule has 1 fully saturated rings. The van der Waals surface area contributed by atoms with Crippen molar-refractivity contribution >= 4 is 0 Å². The fraction of sp³-hybridized carbons (Fsp3) is 0.714. The van der Waals surface area contributed by atoms with Crippen LogP contribution in [0.3, 0.4) is 0 Å². The maximum absolute atomic E-state index is 10.4. The zero-order valence-electron chi connectivity index (χ0n) is 17.0. The Morgan fingerprint density at radius 2 is 1.63 bits per heavy atom. The van der Waals surface area contributed by atoms with E-state index in [4.69, 9.17) is 14.6 Å². The van der Waals surface area contributed by atoms with Gasteiger partial charge in [-0.1, -0.05) is 32.6 Å². The number of phenols is 1. The molecule has 0 saturated carbocycles. The van der Waals surface area contributed by atoms with Gasteiger partial charge in [0, 0.05) is 39.3 Å². The molecule has 0 unspecified atom stereocenters. The largest absolute Gasteiger partial charge is 0.502 e. The highest BCUT2D eigenvalue weighted by molar-refractivity contribution is 5.52. The lowest BCUT2D eigenvalue weighted by Crippen LogP contribution is -2.46. The number of hydrogen-bond donors (Lipinski definition) is 2. The molecule has 27 heavy (non-hydrogen) atoms. The van der Waals surface area contributed by atoms with Crippen LogP contribution >= 0.6 is 0 Å². The van der Waals surface area contributed by atoms with Gasteiger partial charge in [0.1, 0.15) is 0 Å². The number of aromatic hydroxyl groups is 1. The number of rotatable bonds is 12. The van der Waals surface area contributed by atoms with Crippen LogP contribution in [0.1, 0.15) is 44.6 Å². The molecule has 154 valence electrons. The van der Waals surface area contributed by atoms with E-state index in [0.717, 1.165) is 57.7 Å². The minimum absolute atomic E-state index is 0.0857. The number of benzene rings is 1. The molecule has 6 heteroatoms. The van der Waals surface area contributed by atoms with Crippen molar-refractivity contribution in [2.75, 3.05) is 53.0 Å². The number of nitrogens with zero attached hydrogens (tertiary/aromatic N) is 2. The average Bonchev–Trinajstić information content (AvgIpc) is 2.68. The van der Waals surface area contributed by atoms with E-state index in [1.165, 1.54) is 19.3 Å². The Hall–Kier alpha value is -1.50. The lowest BCUT2D eigenvalue weighted by atomic mass is 10.1. The van der Waals surface area contributed by atoms with E-state index in [9.17, 15) is 5.11 Å². The number of unbranched alkanes of at least 4 members (excludes halogenated alkanes) is 4. The van der Waals surface area contributed by atoms with E-state index in [1.807, 2.05) is 12.1 Å². The van der Waals surface area contributed by atoms with E-state index < -0.39 is 0 Å². The van der Waals surface area contributed by atoms with Crippen molar-refractivity contribution < 1.29 is 19.7 Å². The standard InChI is InChI=1S/C21H36N2O4/c1-3-4-5-6-7-14-27-20-16-18(15-19(26-2)21(20)25)17-23-10-8-22(9-11-23)12-13-24/h15-16,24-25H,3-14,17H2,1-2H3. The molecular formula is C21H36N2O4. The van der Waals surface area contributed by atoms with Gasteiger partial charge < -0.3 is 19.7 Å². The summed E-state index contributed by atoms with van der Waals surface area (Å²) in [5, 5.41) is 19.4. The van der Waals surface area contributed by atoms with E-state index in [2.05, 4.69) is 16.7 Å². The fourth-order valence-corrected chi connectivity index (χ4v) is 3.45. The Balaban J connectivity index is 1.90. The summed E-state index contributed by atoms with van der Waals surface area (Å²) in [5.74, 6) is 1.06. The first-order valence-electron chi connectivity index (χ1n) is 10.3. The van der Waals surface area contributed by atoms with Gasteiger partial charge in [-0.15, -0.1) is 0 Å². The number of aliphatic hydroxyl groups is 1. The Labute approximate surface area is 163 Å². The van der Waals surface area contributed by atoms with Crippen molar-refractivity contribution in [3.8, 4) is 17.2 Å². The first kappa shape index (κ1) is 21.8. The van der Waals surface area contributed by atoms with Gasteiger partial charge >= 0.3 is 0 Å². The molecule has 0 radical (unpaired) electrons. The summed E-state index contributed by atoms with van der Waals surface area (Å²) >= 11 is 0. The molecule has 2 rings (SSSR count). The number of phenolic OH excluding ortho intramolecular Hbond substituents is 1. The summed E-state index contributed by atoms with van der Waals surface area (Å²) in [6.45, 7) is 8.46. The fourth-order valence-electron chi connectivity index (χ4n) is 3.45. The average molecular weight is 381 g/mol. The molecule has 1 saturated heterocycles. The van der Waals surface area contributed by atoms with Gasteiger partial charge in [0.05, 0.1) is 20.3 Å². The summed E-state index contributed by atoms with van der Waals surface area (Å²) in [7, 11) is 1.57. The molecule has 6 nitrogen and oxygen atoms in total. The molecule has 0 aromatic heterocycles. The quantitative estimate of drug-likeness (QED) is 0.544. The molecule has 1 aromatic carbocycles. The number of ether oxygens (including phenoxy) is 2. The summed E-state index contributed by atoms with van der Waals surface area (Å²) in [5.41, 5.74) is 1.08. The molecule has 2 N–H and O–H groups in total. The maximum atomic E-state index is 10.4. The lowest BCUT2D eigenvalue weighted by Gasteiger charge is -2.34. The topological polar surface area (TPSA) is 65.4 Å². The SMILES string of the molecule is CCCCCCCOc1cc(CN2CCN(CCO)CC2)cc(OC)c1O. The Morgan fingerprint density at radius 3 is 2.30 bits per heavy atom. The second-order valence-corrected chi connectivity index (χ2v) is 7.25. The monoisotopic (exact) mass is 380 g/mol. The number of methoxy groups -OCH3 is 1. The van der Waals surface area contributed by atoms with Crippen molar-refractivity contribution in [2.45, 2.75) is 45.6 Å². The van der Waals surface area contributed by atoms with Crippen molar-refractivity contribution in [2.24, 2.45) is 0 Å². The lowest BCUT2D eigenvalue weighted by molar-refractivity contribution is 0.108. The molecular weight excluding hydrogens is 344 g/mol. The molecule has 1 aromatic rings. The van der Waals surface area contributed by atoms with Crippen LogP contribution in [-0.4, -0.2) is 73.1 Å². The van der Waals surface area contributed by atoms with Crippen molar-refractivity contribution in [3.63, 3.8) is 0 Å². The van der Waals surface area contributed by atoms with E-state index >= 15 is 0 Å². The van der Waals surface area contributed by atoms with Crippen LogP contribution < -0.4 is 9.47 Å². The molecule has 0 atom stereocenters. The van der Waals surface area contributed by atoms with Gasteiger partial charge in [0.2, 0.25) is 5.75 Å². The molecule has 1 aliphatic heterocycles. The summed E-state index contributed by atoms with van der Waals surface area (Å²) in [6.07, 6.45) is 5.88. The van der Waals surface area contributed by atoms with Gasteiger partial charge in [-0.05, 0) is 24.1 Å². The maximum Gasteiger partial charge on any atom is 0.200 e. The molecule has 0 bridgehead atoms. The van der Waals surface area contributed by atoms with Crippen molar-refractivity contribution in [1.29, 1.82) is 0 Å². The molecule has 1 aliphatic rings. The van der Waals surface area contributed by atoms with Crippen LogP contribution in [0.15, 0.2) is 12.1 Å². The molecule has 0 aliphatic carbocycles. The molecule has 0 amide bonds. The Bertz CT molecular complexity index is 545. The first-order valence-corrected chi connectivity index (χ1v) is 10.3. The smallest absolute Gasteiger partial charge is 0.200 e. The van der Waals surface area contributed by atoms with Crippen LogP contribution in [0.25, 0.3) is 0 Å². The highest BCUT2D eigenvalue weighted by atomic mass is 16.5. The van der Waals surface area contributed by atoms with Gasteiger partial charge in [-0.2, -0.15) is 0 Å². The summed E-state index contributed by atoms with van der Waals surface area (Å²) in [6, 6.07) is 3.83. The molecule has 1 heterocycles. The van der Waals surface area contributed by atoms with Crippen LogP contribution in [0, 0.1) is 0 Å². The van der Waals surface area contributed by atoms with Gasteiger partial charge in [-0.3, -0.25) is 9.80 Å².